The highest BCUT2D eigenvalue weighted by molar-refractivity contribution is 5.90. The zero-order chi connectivity index (χ0) is 18.8. The fraction of sp³-hybridized carbons (Fsp3) is 0.333. The van der Waals surface area contributed by atoms with Gasteiger partial charge in [0.2, 0.25) is 18.6 Å². The molecule has 1 saturated heterocycles. The summed E-state index contributed by atoms with van der Waals surface area (Å²) in [6.45, 7) is 3.09. The summed E-state index contributed by atoms with van der Waals surface area (Å²) in [6.07, 6.45) is 0.941. The van der Waals surface area contributed by atoms with Crippen LogP contribution < -0.4 is 14.8 Å². The van der Waals surface area contributed by atoms with Crippen molar-refractivity contribution in [3.63, 3.8) is 0 Å². The minimum atomic E-state index is -0.437. The number of fused-ring (bicyclic) bond motifs is 1. The van der Waals surface area contributed by atoms with E-state index in [1.165, 1.54) is 5.56 Å². The van der Waals surface area contributed by atoms with Crippen molar-refractivity contribution in [3.8, 4) is 11.5 Å². The van der Waals surface area contributed by atoms with Crippen molar-refractivity contribution in [1.82, 2.24) is 10.2 Å². The van der Waals surface area contributed by atoms with Crippen LogP contribution in [0.4, 0.5) is 0 Å². The van der Waals surface area contributed by atoms with Crippen molar-refractivity contribution in [2.75, 3.05) is 6.79 Å². The van der Waals surface area contributed by atoms with E-state index in [4.69, 9.17) is 9.47 Å². The Bertz CT molecular complexity index is 863. The molecule has 2 aliphatic rings. The van der Waals surface area contributed by atoms with Crippen LogP contribution in [0, 0.1) is 6.92 Å². The van der Waals surface area contributed by atoms with Crippen LogP contribution in [0.5, 0.6) is 11.5 Å². The molecule has 1 N–H and O–H groups in total. The predicted molar refractivity (Wildman–Crippen MR) is 99.2 cm³/mol. The molecule has 0 spiro atoms. The number of nitrogens with one attached hydrogen (secondary N) is 1. The molecular weight excluding hydrogens is 344 g/mol. The Morgan fingerprint density at radius 2 is 1.85 bits per heavy atom. The van der Waals surface area contributed by atoms with Gasteiger partial charge in [-0.3, -0.25) is 9.59 Å². The Kier molecular flexibility index (Phi) is 4.71. The van der Waals surface area contributed by atoms with Crippen LogP contribution >= 0.6 is 0 Å². The number of hydrogen-bond donors (Lipinski definition) is 1. The van der Waals surface area contributed by atoms with E-state index in [2.05, 4.69) is 5.32 Å². The maximum Gasteiger partial charge on any atom is 0.243 e. The monoisotopic (exact) mass is 366 g/mol. The third-order valence-corrected chi connectivity index (χ3v) is 5.01. The summed E-state index contributed by atoms with van der Waals surface area (Å²) < 4.78 is 10.7. The molecule has 2 aromatic carbocycles. The third-order valence-electron chi connectivity index (χ3n) is 5.01. The Hall–Kier alpha value is -3.02. The van der Waals surface area contributed by atoms with E-state index >= 15 is 0 Å². The van der Waals surface area contributed by atoms with Gasteiger partial charge >= 0.3 is 0 Å². The van der Waals surface area contributed by atoms with E-state index in [1.54, 1.807) is 4.90 Å². The van der Waals surface area contributed by atoms with E-state index in [-0.39, 0.29) is 18.6 Å². The number of benzene rings is 2. The number of amides is 2. The van der Waals surface area contributed by atoms with E-state index in [9.17, 15) is 9.59 Å². The maximum atomic E-state index is 12.7. The molecule has 27 heavy (non-hydrogen) atoms. The quantitative estimate of drug-likeness (QED) is 0.883. The summed E-state index contributed by atoms with van der Waals surface area (Å²) in [5, 5.41) is 2.96. The molecule has 1 unspecified atom stereocenters. The molecule has 0 saturated carbocycles. The minimum Gasteiger partial charge on any atom is -0.454 e. The van der Waals surface area contributed by atoms with Crippen molar-refractivity contribution in [1.29, 1.82) is 0 Å². The van der Waals surface area contributed by atoms with Gasteiger partial charge in [0.05, 0.1) is 0 Å². The summed E-state index contributed by atoms with van der Waals surface area (Å²) >= 11 is 0. The number of aryl methyl sites for hydroxylation is 1. The molecule has 1 atom stereocenters. The summed E-state index contributed by atoms with van der Waals surface area (Å²) in [4.78, 5) is 26.7. The molecule has 2 heterocycles. The molecule has 0 bridgehead atoms. The Morgan fingerprint density at radius 3 is 2.67 bits per heavy atom. The van der Waals surface area contributed by atoms with Crippen LogP contribution in [0.25, 0.3) is 0 Å². The zero-order valence-corrected chi connectivity index (χ0v) is 15.2. The van der Waals surface area contributed by atoms with Gasteiger partial charge in [-0.15, -0.1) is 0 Å². The van der Waals surface area contributed by atoms with Crippen molar-refractivity contribution in [2.24, 2.45) is 0 Å². The van der Waals surface area contributed by atoms with Gasteiger partial charge in [0.1, 0.15) is 6.04 Å². The average molecular weight is 366 g/mol. The Morgan fingerprint density at radius 1 is 1.11 bits per heavy atom. The molecule has 0 aliphatic carbocycles. The lowest BCUT2D eigenvalue weighted by Gasteiger charge is -2.24. The number of rotatable bonds is 5. The summed E-state index contributed by atoms with van der Waals surface area (Å²) in [6, 6.07) is 13.2. The summed E-state index contributed by atoms with van der Waals surface area (Å²) in [7, 11) is 0. The highest BCUT2D eigenvalue weighted by Crippen LogP contribution is 2.33. The number of hydrogen-bond acceptors (Lipinski definition) is 4. The fourth-order valence-corrected chi connectivity index (χ4v) is 3.45. The highest BCUT2D eigenvalue weighted by atomic mass is 16.7. The Labute approximate surface area is 158 Å². The highest BCUT2D eigenvalue weighted by Gasteiger charge is 2.36. The first-order chi connectivity index (χ1) is 13.1. The Balaban J connectivity index is 1.41. The van der Waals surface area contributed by atoms with Crippen molar-refractivity contribution in [3.05, 3.63) is 59.2 Å². The van der Waals surface area contributed by atoms with Gasteiger partial charge in [-0.25, -0.2) is 0 Å². The second-order valence-corrected chi connectivity index (χ2v) is 6.97. The normalized spacial score (nSPS) is 18.0. The lowest BCUT2D eigenvalue weighted by molar-refractivity contribution is -0.135. The van der Waals surface area contributed by atoms with Gasteiger partial charge < -0.3 is 19.7 Å². The van der Waals surface area contributed by atoms with Crippen LogP contribution in [0.3, 0.4) is 0 Å². The van der Waals surface area contributed by atoms with Gasteiger partial charge in [0.25, 0.3) is 0 Å². The molecule has 2 aliphatic heterocycles. The number of nitrogens with zero attached hydrogens (tertiary/aromatic N) is 1. The molecule has 4 rings (SSSR count). The lowest BCUT2D eigenvalue weighted by atomic mass is 10.1. The minimum absolute atomic E-state index is 0.00292. The lowest BCUT2D eigenvalue weighted by Crippen LogP contribution is -2.44. The van der Waals surface area contributed by atoms with Crippen LogP contribution in [0.15, 0.2) is 42.5 Å². The van der Waals surface area contributed by atoms with Crippen molar-refractivity contribution in [2.45, 2.75) is 38.9 Å². The van der Waals surface area contributed by atoms with Crippen LogP contribution in [-0.2, 0) is 22.7 Å². The van der Waals surface area contributed by atoms with Crippen LogP contribution in [-0.4, -0.2) is 29.5 Å². The number of likely N-dealkylation sites (tertiary alicyclic amines) is 1. The van der Waals surface area contributed by atoms with Gasteiger partial charge in [0.15, 0.2) is 11.5 Å². The molecule has 0 radical (unpaired) electrons. The van der Waals surface area contributed by atoms with E-state index in [0.717, 1.165) is 11.1 Å². The molecule has 0 aromatic heterocycles. The van der Waals surface area contributed by atoms with Gasteiger partial charge in [-0.1, -0.05) is 35.9 Å². The number of ether oxygens (including phenoxy) is 2. The summed E-state index contributed by atoms with van der Waals surface area (Å²) in [5.74, 6) is 1.28. The van der Waals surface area contributed by atoms with E-state index in [1.807, 2.05) is 49.4 Å². The fourth-order valence-electron chi connectivity index (χ4n) is 3.45. The number of carbonyl (C=O) groups excluding carboxylic acids is 2. The largest absolute Gasteiger partial charge is 0.454 e. The first-order valence-corrected chi connectivity index (χ1v) is 9.11. The molecule has 6 nitrogen and oxygen atoms in total. The molecule has 1 fully saturated rings. The topological polar surface area (TPSA) is 67.9 Å². The van der Waals surface area contributed by atoms with Crippen LogP contribution in [0.1, 0.15) is 29.5 Å². The van der Waals surface area contributed by atoms with Crippen molar-refractivity contribution >= 4 is 11.8 Å². The molecule has 6 heteroatoms. The predicted octanol–water partition coefficient (Wildman–Crippen LogP) is 2.53. The second kappa shape index (κ2) is 7.31. The first-order valence-electron chi connectivity index (χ1n) is 9.11. The maximum absolute atomic E-state index is 12.7. The third kappa shape index (κ3) is 3.74. The number of carbonyl (C=O) groups is 2. The molecular formula is C21H22N2O4. The van der Waals surface area contributed by atoms with Crippen LogP contribution in [0.2, 0.25) is 0 Å². The second-order valence-electron chi connectivity index (χ2n) is 6.97. The van der Waals surface area contributed by atoms with Crippen molar-refractivity contribution < 1.29 is 19.1 Å². The standard InChI is InChI=1S/C21H22N2O4/c1-14-2-4-15(5-3-14)11-22-21(25)17-7-9-20(24)23(17)12-16-6-8-18-19(10-16)27-13-26-18/h2-6,8,10,17H,7,9,11-13H2,1H3,(H,22,25). The van der Waals surface area contributed by atoms with E-state index in [0.29, 0.717) is 37.4 Å². The summed E-state index contributed by atoms with van der Waals surface area (Å²) in [5.41, 5.74) is 3.15. The van der Waals surface area contributed by atoms with Gasteiger partial charge in [-0.05, 0) is 36.6 Å². The van der Waals surface area contributed by atoms with E-state index < -0.39 is 6.04 Å². The van der Waals surface area contributed by atoms with Gasteiger partial charge in [0, 0.05) is 19.5 Å². The average Bonchev–Trinajstić information content (AvgIpc) is 3.28. The van der Waals surface area contributed by atoms with Gasteiger partial charge in [-0.2, -0.15) is 0 Å². The first kappa shape index (κ1) is 17.4. The molecule has 2 aromatic rings. The molecule has 140 valence electrons. The zero-order valence-electron chi connectivity index (χ0n) is 15.2. The molecule has 2 amide bonds. The smallest absolute Gasteiger partial charge is 0.243 e. The SMILES string of the molecule is Cc1ccc(CNC(=O)C2CCC(=O)N2Cc2ccc3c(c2)OCO3)cc1.